The van der Waals surface area contributed by atoms with Gasteiger partial charge in [-0.15, -0.1) is 0 Å². The van der Waals surface area contributed by atoms with Gasteiger partial charge in [0, 0.05) is 13.2 Å². The quantitative estimate of drug-likeness (QED) is 0.441. The molecule has 34 heavy (non-hydrogen) atoms. The van der Waals surface area contributed by atoms with Crippen molar-refractivity contribution in [3.05, 3.63) is 24.3 Å². The number of fused-ring (bicyclic) bond motifs is 1. The molecule has 3 aliphatic heterocycles. The maximum Gasteiger partial charge on any atom is 0.162 e. The molecule has 1 aromatic rings. The molecule has 2 fully saturated rings. The number of benzene rings is 1. The zero-order valence-corrected chi connectivity index (χ0v) is 23.4. The molecule has 0 spiro atoms. The zero-order chi connectivity index (χ0) is 25.8. The molecule has 1 aromatic carbocycles. The Morgan fingerprint density at radius 3 is 1.44 bits per heavy atom. The monoisotopic (exact) mass is 480 g/mol. The van der Waals surface area contributed by atoms with Gasteiger partial charge in [-0.25, -0.2) is 0 Å². The van der Waals surface area contributed by atoms with Gasteiger partial charge in [-0.05, 0) is 94.7 Å². The van der Waals surface area contributed by atoms with E-state index in [1.165, 1.54) is 0 Å². The molecule has 0 saturated carbocycles. The maximum atomic E-state index is 5.91. The first kappa shape index (κ1) is 28.9. The van der Waals surface area contributed by atoms with Crippen LogP contribution in [0.3, 0.4) is 0 Å². The van der Waals surface area contributed by atoms with Crippen LogP contribution in [-0.4, -0.2) is 60.5 Å². The first-order valence-corrected chi connectivity index (χ1v) is 12.5. The van der Waals surface area contributed by atoms with Crippen LogP contribution in [0.2, 0.25) is 0 Å². The fourth-order valence-corrected chi connectivity index (χ4v) is 3.33. The molecule has 3 heterocycles. The van der Waals surface area contributed by atoms with Gasteiger partial charge in [-0.1, -0.05) is 12.1 Å². The van der Waals surface area contributed by atoms with E-state index in [4.69, 9.17) is 28.4 Å². The lowest BCUT2D eigenvalue weighted by Crippen LogP contribution is -2.56. The summed E-state index contributed by atoms with van der Waals surface area (Å²) >= 11 is 0. The minimum absolute atomic E-state index is 0.101. The number of hydrogen-bond donors (Lipinski definition) is 0. The number of ether oxygens (including phenoxy) is 6. The Kier molecular flexibility index (Phi) is 9.12. The van der Waals surface area contributed by atoms with E-state index in [0.29, 0.717) is 0 Å². The molecule has 1 unspecified atom stereocenters. The largest absolute Gasteiger partial charge is 0.480 e. The Labute approximate surface area is 207 Å². The summed E-state index contributed by atoms with van der Waals surface area (Å²) in [5.74, 6) is 1.66. The molecule has 0 amide bonds. The van der Waals surface area contributed by atoms with Crippen LogP contribution < -0.4 is 9.47 Å². The van der Waals surface area contributed by atoms with Gasteiger partial charge in [0.25, 0.3) is 0 Å². The molecule has 4 rings (SSSR count). The van der Waals surface area contributed by atoms with Gasteiger partial charge in [0.2, 0.25) is 0 Å². The van der Waals surface area contributed by atoms with Crippen molar-refractivity contribution in [1.82, 2.24) is 0 Å². The summed E-state index contributed by atoms with van der Waals surface area (Å²) in [5, 5.41) is 0. The van der Waals surface area contributed by atoms with Crippen molar-refractivity contribution in [2.75, 3.05) is 26.4 Å². The van der Waals surface area contributed by atoms with Crippen molar-refractivity contribution in [3.63, 3.8) is 0 Å². The van der Waals surface area contributed by atoms with Crippen molar-refractivity contribution in [2.45, 2.75) is 117 Å². The van der Waals surface area contributed by atoms with Gasteiger partial charge in [0.05, 0.1) is 36.1 Å². The molecule has 0 radical (unpaired) electrons. The van der Waals surface area contributed by atoms with Crippen molar-refractivity contribution < 1.29 is 28.4 Å². The second kappa shape index (κ2) is 10.7. The van der Waals surface area contributed by atoms with E-state index in [9.17, 15) is 0 Å². The van der Waals surface area contributed by atoms with E-state index in [1.54, 1.807) is 0 Å². The van der Waals surface area contributed by atoms with Gasteiger partial charge in [-0.3, -0.25) is 0 Å². The first-order chi connectivity index (χ1) is 15.5. The second-order valence-corrected chi connectivity index (χ2v) is 11.7. The van der Waals surface area contributed by atoms with Crippen LogP contribution in [0.1, 0.15) is 82.6 Å². The van der Waals surface area contributed by atoms with Crippen LogP contribution in [0.15, 0.2) is 24.3 Å². The molecule has 6 heteroatoms. The molecule has 6 nitrogen and oxygen atoms in total. The van der Waals surface area contributed by atoms with Crippen LogP contribution in [-0.2, 0) is 18.9 Å². The standard InChI is InChI=1S/C12H16O2.2C8H16O2/c1-11(2)12(3,4)14-10-8-6-5-7-9(10)13-11;1-7(2)8(3,4)10-6-5-9-7;1-7-8(2,3)10-6-4-5-9-7/h5-8H,1-4H3;5-6H2,1-4H3;7H,4-6H2,1-3H3. The Morgan fingerprint density at radius 2 is 1.03 bits per heavy atom. The highest BCUT2D eigenvalue weighted by Crippen LogP contribution is 2.42. The molecule has 0 bridgehead atoms. The average molecular weight is 481 g/mol. The van der Waals surface area contributed by atoms with Crippen LogP contribution in [0.4, 0.5) is 0 Å². The third-order valence-corrected chi connectivity index (χ3v) is 7.60. The summed E-state index contributed by atoms with van der Waals surface area (Å²) in [6.07, 6.45) is 1.24. The third-order valence-electron chi connectivity index (χ3n) is 7.60. The molecular formula is C28H48O6. The van der Waals surface area contributed by atoms with E-state index in [0.717, 1.165) is 44.3 Å². The molecule has 0 N–H and O–H groups in total. The molecular weight excluding hydrogens is 432 g/mol. The van der Waals surface area contributed by atoms with E-state index in [1.807, 2.05) is 52.0 Å². The lowest BCUT2D eigenvalue weighted by Gasteiger charge is -2.45. The Balaban J connectivity index is 0.000000185. The smallest absolute Gasteiger partial charge is 0.162 e. The second-order valence-electron chi connectivity index (χ2n) is 11.7. The predicted molar refractivity (Wildman–Crippen MR) is 136 cm³/mol. The van der Waals surface area contributed by atoms with Gasteiger partial charge in [0.15, 0.2) is 11.5 Å². The first-order valence-electron chi connectivity index (χ1n) is 12.5. The van der Waals surface area contributed by atoms with Crippen LogP contribution in [0.25, 0.3) is 0 Å². The van der Waals surface area contributed by atoms with E-state index in [2.05, 4.69) is 48.5 Å². The molecule has 0 aromatic heterocycles. The number of hydrogen-bond acceptors (Lipinski definition) is 6. The summed E-state index contributed by atoms with van der Waals surface area (Å²) in [7, 11) is 0. The fraction of sp³-hybridized carbons (Fsp3) is 0.786. The highest BCUT2D eigenvalue weighted by Gasteiger charge is 2.45. The maximum absolute atomic E-state index is 5.91. The van der Waals surface area contributed by atoms with Crippen molar-refractivity contribution in [3.8, 4) is 11.5 Å². The lowest BCUT2D eigenvalue weighted by atomic mass is 9.88. The summed E-state index contributed by atoms with van der Waals surface area (Å²) in [6.45, 7) is 25.7. The number of rotatable bonds is 0. The van der Waals surface area contributed by atoms with Crippen LogP contribution in [0.5, 0.6) is 11.5 Å². The normalized spacial score (nSPS) is 27.6. The Hall–Kier alpha value is -1.34. The lowest BCUT2D eigenvalue weighted by molar-refractivity contribution is -0.230. The van der Waals surface area contributed by atoms with Crippen molar-refractivity contribution in [2.24, 2.45) is 0 Å². The minimum atomic E-state index is -0.304. The number of para-hydroxylation sites is 2. The summed E-state index contributed by atoms with van der Waals surface area (Å²) in [4.78, 5) is 0. The van der Waals surface area contributed by atoms with Crippen molar-refractivity contribution >= 4 is 0 Å². The van der Waals surface area contributed by atoms with Gasteiger partial charge >= 0.3 is 0 Å². The average Bonchev–Trinajstić information content (AvgIpc) is 2.86. The topological polar surface area (TPSA) is 55.4 Å². The molecule has 1 atom stereocenters. The van der Waals surface area contributed by atoms with E-state index >= 15 is 0 Å². The Bertz CT molecular complexity index is 730. The fourth-order valence-electron chi connectivity index (χ4n) is 3.33. The zero-order valence-electron chi connectivity index (χ0n) is 23.4. The molecule has 3 aliphatic rings. The molecule has 0 aliphatic carbocycles. The molecule has 2 saturated heterocycles. The van der Waals surface area contributed by atoms with Crippen LogP contribution in [0, 0.1) is 0 Å². The summed E-state index contributed by atoms with van der Waals surface area (Å²) in [6, 6.07) is 7.78. The van der Waals surface area contributed by atoms with Crippen molar-refractivity contribution in [1.29, 1.82) is 0 Å². The summed E-state index contributed by atoms with van der Waals surface area (Å²) < 4.78 is 34.0. The van der Waals surface area contributed by atoms with E-state index in [-0.39, 0.29) is 34.1 Å². The highest BCUT2D eigenvalue weighted by molar-refractivity contribution is 5.42. The SMILES string of the molecule is CC1(C)OCCOC1(C)C.CC1(C)Oc2ccccc2OC1(C)C.CC1OCCCOC1(C)C. The minimum Gasteiger partial charge on any atom is -0.480 e. The predicted octanol–water partition coefficient (Wildman–Crippen LogP) is 6.20. The summed E-state index contributed by atoms with van der Waals surface area (Å²) in [5.41, 5.74) is -1.00. The third kappa shape index (κ3) is 7.09. The van der Waals surface area contributed by atoms with Gasteiger partial charge in [0.1, 0.15) is 11.2 Å². The van der Waals surface area contributed by atoms with Crippen LogP contribution >= 0.6 is 0 Å². The Morgan fingerprint density at radius 1 is 0.588 bits per heavy atom. The van der Waals surface area contributed by atoms with Gasteiger partial charge < -0.3 is 28.4 Å². The highest BCUT2D eigenvalue weighted by atomic mass is 16.6. The van der Waals surface area contributed by atoms with Gasteiger partial charge in [-0.2, -0.15) is 0 Å². The van der Waals surface area contributed by atoms with E-state index < -0.39 is 0 Å². The molecule has 196 valence electrons.